The highest BCUT2D eigenvalue weighted by Crippen LogP contribution is 2.18. The smallest absolute Gasteiger partial charge is 0.0830 e. The first-order chi connectivity index (χ1) is 8.79. The molecule has 1 unspecified atom stereocenters. The molecule has 2 aromatic rings. The van der Waals surface area contributed by atoms with Crippen LogP contribution in [-0.2, 0) is 12.8 Å². The molecule has 2 rings (SSSR count). The predicted molar refractivity (Wildman–Crippen MR) is 74.3 cm³/mol. The highest BCUT2D eigenvalue weighted by atomic mass is 16.3. The predicted octanol–water partition coefficient (Wildman–Crippen LogP) is 2.46. The van der Waals surface area contributed by atoms with Gasteiger partial charge in [0, 0.05) is 6.42 Å². The Morgan fingerprint density at radius 3 is 2.17 bits per heavy atom. The fraction of sp³-hybridized carbons (Fsp3) is 0.250. The van der Waals surface area contributed by atoms with Crippen molar-refractivity contribution in [3.63, 3.8) is 0 Å². The van der Waals surface area contributed by atoms with Crippen LogP contribution in [0.3, 0.4) is 0 Å². The van der Waals surface area contributed by atoms with Crippen molar-refractivity contribution in [2.75, 3.05) is 6.54 Å². The van der Waals surface area contributed by atoms with Crippen molar-refractivity contribution in [3.05, 3.63) is 71.3 Å². The molecule has 0 saturated carbocycles. The first-order valence-electron chi connectivity index (χ1n) is 6.30. The quantitative estimate of drug-likeness (QED) is 0.844. The second-order valence-corrected chi connectivity index (χ2v) is 4.49. The van der Waals surface area contributed by atoms with Gasteiger partial charge >= 0.3 is 0 Å². The van der Waals surface area contributed by atoms with E-state index in [1.807, 2.05) is 54.6 Å². The Balaban J connectivity index is 2.02. The summed E-state index contributed by atoms with van der Waals surface area (Å²) in [5, 5.41) is 10.2. The summed E-state index contributed by atoms with van der Waals surface area (Å²) >= 11 is 0. The van der Waals surface area contributed by atoms with Crippen molar-refractivity contribution in [2.45, 2.75) is 18.9 Å². The van der Waals surface area contributed by atoms with E-state index in [-0.39, 0.29) is 0 Å². The lowest BCUT2D eigenvalue weighted by molar-refractivity contribution is 0.178. The monoisotopic (exact) mass is 241 g/mol. The lowest BCUT2D eigenvalue weighted by Crippen LogP contribution is -2.04. The molecular formula is C16H19NO. The molecule has 3 N–H and O–H groups in total. The fourth-order valence-electron chi connectivity index (χ4n) is 2.03. The van der Waals surface area contributed by atoms with E-state index in [0.717, 1.165) is 17.5 Å². The molecule has 0 aliphatic heterocycles. The fourth-order valence-corrected chi connectivity index (χ4v) is 2.03. The summed E-state index contributed by atoms with van der Waals surface area (Å²) in [6.45, 7) is 0.659. The van der Waals surface area contributed by atoms with Gasteiger partial charge in [-0.25, -0.2) is 0 Å². The molecule has 2 nitrogen and oxygen atoms in total. The molecule has 2 heteroatoms. The maximum Gasteiger partial charge on any atom is 0.0830 e. The van der Waals surface area contributed by atoms with Crippen molar-refractivity contribution < 1.29 is 5.11 Å². The molecule has 0 aromatic heterocycles. The van der Waals surface area contributed by atoms with E-state index < -0.39 is 6.10 Å². The summed E-state index contributed by atoms with van der Waals surface area (Å²) in [6, 6.07) is 18.1. The molecule has 94 valence electrons. The average Bonchev–Trinajstić information content (AvgIpc) is 2.41. The molecule has 0 radical (unpaired) electrons. The second-order valence-electron chi connectivity index (χ2n) is 4.49. The normalized spacial score (nSPS) is 12.3. The van der Waals surface area contributed by atoms with Gasteiger partial charge in [-0.05, 0) is 29.7 Å². The van der Waals surface area contributed by atoms with Gasteiger partial charge in [-0.3, -0.25) is 0 Å². The van der Waals surface area contributed by atoms with Gasteiger partial charge in [0.25, 0.3) is 0 Å². The second kappa shape index (κ2) is 6.34. The lowest BCUT2D eigenvalue weighted by atomic mass is 10.00. The van der Waals surface area contributed by atoms with E-state index >= 15 is 0 Å². The van der Waals surface area contributed by atoms with Crippen molar-refractivity contribution in [1.82, 2.24) is 0 Å². The zero-order chi connectivity index (χ0) is 12.8. The zero-order valence-electron chi connectivity index (χ0n) is 10.4. The molecule has 0 aliphatic carbocycles. The van der Waals surface area contributed by atoms with Crippen LogP contribution in [0.5, 0.6) is 0 Å². The highest BCUT2D eigenvalue weighted by molar-refractivity contribution is 5.26. The van der Waals surface area contributed by atoms with Gasteiger partial charge in [-0.15, -0.1) is 0 Å². The van der Waals surface area contributed by atoms with Crippen LogP contribution >= 0.6 is 0 Å². The van der Waals surface area contributed by atoms with Crippen LogP contribution in [0.1, 0.15) is 22.8 Å². The van der Waals surface area contributed by atoms with Crippen LogP contribution in [-0.4, -0.2) is 11.7 Å². The summed E-state index contributed by atoms with van der Waals surface area (Å²) < 4.78 is 0. The molecule has 0 spiro atoms. The van der Waals surface area contributed by atoms with Crippen molar-refractivity contribution >= 4 is 0 Å². The van der Waals surface area contributed by atoms with Gasteiger partial charge in [0.2, 0.25) is 0 Å². The Morgan fingerprint density at radius 2 is 1.56 bits per heavy atom. The average molecular weight is 241 g/mol. The molecule has 0 saturated heterocycles. The topological polar surface area (TPSA) is 46.2 Å². The lowest BCUT2D eigenvalue weighted by Gasteiger charge is -2.11. The maximum absolute atomic E-state index is 10.2. The Morgan fingerprint density at radius 1 is 0.889 bits per heavy atom. The molecule has 0 aliphatic rings. The number of hydrogen-bond donors (Lipinski definition) is 2. The minimum Gasteiger partial charge on any atom is -0.388 e. The van der Waals surface area contributed by atoms with E-state index in [9.17, 15) is 5.11 Å². The van der Waals surface area contributed by atoms with Gasteiger partial charge in [0.15, 0.2) is 0 Å². The molecule has 2 aromatic carbocycles. The van der Waals surface area contributed by atoms with Crippen LogP contribution in [0.15, 0.2) is 54.6 Å². The third-order valence-electron chi connectivity index (χ3n) is 3.07. The molecule has 0 heterocycles. The number of rotatable bonds is 5. The highest BCUT2D eigenvalue weighted by Gasteiger charge is 2.08. The minimum atomic E-state index is -0.445. The van der Waals surface area contributed by atoms with Gasteiger partial charge in [-0.1, -0.05) is 54.6 Å². The largest absolute Gasteiger partial charge is 0.388 e. The van der Waals surface area contributed by atoms with Crippen LogP contribution in [0.25, 0.3) is 0 Å². The number of benzene rings is 2. The minimum absolute atomic E-state index is 0.445. The van der Waals surface area contributed by atoms with Crippen LogP contribution < -0.4 is 5.73 Å². The first kappa shape index (κ1) is 12.8. The van der Waals surface area contributed by atoms with Gasteiger partial charge in [0.05, 0.1) is 6.10 Å². The van der Waals surface area contributed by atoms with Crippen LogP contribution in [0.4, 0.5) is 0 Å². The number of aliphatic hydroxyl groups excluding tert-OH is 1. The molecule has 0 amide bonds. The van der Waals surface area contributed by atoms with Crippen molar-refractivity contribution in [2.24, 2.45) is 5.73 Å². The molecule has 0 fully saturated rings. The number of aliphatic hydroxyl groups is 1. The summed E-state index contributed by atoms with van der Waals surface area (Å²) in [7, 11) is 0. The standard InChI is InChI=1S/C16H19NO/c17-11-10-13-6-8-15(9-7-13)16(18)12-14-4-2-1-3-5-14/h1-9,16,18H,10-12,17H2. The van der Waals surface area contributed by atoms with Crippen LogP contribution in [0.2, 0.25) is 0 Å². The molecule has 18 heavy (non-hydrogen) atoms. The van der Waals surface area contributed by atoms with Gasteiger partial charge in [0.1, 0.15) is 0 Å². The Labute approximate surface area is 108 Å². The van der Waals surface area contributed by atoms with Crippen molar-refractivity contribution in [3.8, 4) is 0 Å². The van der Waals surface area contributed by atoms with E-state index in [2.05, 4.69) is 0 Å². The van der Waals surface area contributed by atoms with E-state index in [1.54, 1.807) is 0 Å². The summed E-state index contributed by atoms with van der Waals surface area (Å²) in [5.74, 6) is 0. The van der Waals surface area contributed by atoms with E-state index in [4.69, 9.17) is 5.73 Å². The van der Waals surface area contributed by atoms with Gasteiger partial charge in [-0.2, -0.15) is 0 Å². The number of hydrogen-bond acceptors (Lipinski definition) is 2. The molecular weight excluding hydrogens is 222 g/mol. The van der Waals surface area contributed by atoms with Crippen molar-refractivity contribution in [1.29, 1.82) is 0 Å². The van der Waals surface area contributed by atoms with Gasteiger partial charge < -0.3 is 10.8 Å². The third kappa shape index (κ3) is 3.42. The molecule has 1 atom stereocenters. The maximum atomic E-state index is 10.2. The van der Waals surface area contributed by atoms with E-state index in [0.29, 0.717) is 13.0 Å². The summed E-state index contributed by atoms with van der Waals surface area (Å²) in [6.07, 6.45) is 1.09. The Bertz CT molecular complexity index is 464. The SMILES string of the molecule is NCCc1ccc(C(O)Cc2ccccc2)cc1. The van der Waals surface area contributed by atoms with E-state index in [1.165, 1.54) is 5.56 Å². The first-order valence-corrected chi connectivity index (χ1v) is 6.30. The Kier molecular flexibility index (Phi) is 4.51. The zero-order valence-corrected chi connectivity index (χ0v) is 10.4. The van der Waals surface area contributed by atoms with Crippen LogP contribution in [0, 0.1) is 0 Å². The third-order valence-corrected chi connectivity index (χ3v) is 3.07. The molecule has 0 bridgehead atoms. The summed E-state index contributed by atoms with van der Waals surface area (Å²) in [5.41, 5.74) is 8.83. The summed E-state index contributed by atoms with van der Waals surface area (Å²) in [4.78, 5) is 0. The Hall–Kier alpha value is -1.64. The number of nitrogens with two attached hydrogens (primary N) is 1.